The second kappa shape index (κ2) is 9.37. The molecule has 8 nitrogen and oxygen atoms in total. The number of hydrogen-bond acceptors (Lipinski definition) is 6. The lowest BCUT2D eigenvalue weighted by Crippen LogP contribution is -2.12. The topological polar surface area (TPSA) is 106 Å². The molecule has 0 unspecified atom stereocenters. The van der Waals surface area contributed by atoms with Crippen LogP contribution in [0.4, 0.5) is 5.69 Å². The summed E-state index contributed by atoms with van der Waals surface area (Å²) in [6.45, 7) is 1.06. The molecule has 2 N–H and O–H groups in total. The fourth-order valence-corrected chi connectivity index (χ4v) is 3.35. The summed E-state index contributed by atoms with van der Waals surface area (Å²) in [5.41, 5.74) is 5.66. The fraction of sp³-hybridized carbons (Fsp3) is 0.0800. The minimum atomic E-state index is -0.208. The van der Waals surface area contributed by atoms with Gasteiger partial charge in [0.05, 0.1) is 25.1 Å². The van der Waals surface area contributed by atoms with Gasteiger partial charge in [0.2, 0.25) is 11.3 Å². The molecule has 0 aliphatic carbocycles. The van der Waals surface area contributed by atoms with Gasteiger partial charge in [0.25, 0.3) is 5.91 Å². The van der Waals surface area contributed by atoms with Gasteiger partial charge in [-0.15, -0.1) is 10.2 Å². The van der Waals surface area contributed by atoms with E-state index in [2.05, 4.69) is 30.7 Å². The average Bonchev–Trinajstić information content (AvgIpc) is 3.34. The Morgan fingerprint density at radius 1 is 0.848 bits per heavy atom. The second-order valence-corrected chi connectivity index (χ2v) is 7.44. The highest BCUT2D eigenvalue weighted by Gasteiger charge is 2.10. The van der Waals surface area contributed by atoms with Crippen molar-refractivity contribution in [2.75, 3.05) is 5.32 Å². The molecule has 162 valence electrons. The number of rotatable bonds is 7. The number of ether oxygens (including phenoxy) is 1. The number of carbonyl (C=O) groups excluding carboxylic acids is 1. The number of aromatic nitrogens is 5. The third-order valence-corrected chi connectivity index (χ3v) is 5.06. The Morgan fingerprint density at radius 2 is 1.61 bits per heavy atom. The smallest absolute Gasteiger partial charge is 0.255 e. The Labute approximate surface area is 189 Å². The van der Waals surface area contributed by atoms with E-state index in [0.29, 0.717) is 41.5 Å². The highest BCUT2D eigenvalue weighted by Crippen LogP contribution is 2.20. The first-order valence-corrected chi connectivity index (χ1v) is 10.4. The van der Waals surface area contributed by atoms with Gasteiger partial charge in [-0.2, -0.15) is 5.21 Å². The van der Waals surface area contributed by atoms with Gasteiger partial charge >= 0.3 is 0 Å². The minimum absolute atomic E-state index is 0.208. The van der Waals surface area contributed by atoms with Crippen molar-refractivity contribution in [2.24, 2.45) is 0 Å². The molecule has 2 heterocycles. The van der Waals surface area contributed by atoms with E-state index in [0.717, 1.165) is 16.7 Å². The van der Waals surface area contributed by atoms with E-state index in [9.17, 15) is 4.79 Å². The quantitative estimate of drug-likeness (QED) is 0.392. The van der Waals surface area contributed by atoms with Gasteiger partial charge in [-0.1, -0.05) is 54.6 Å². The predicted octanol–water partition coefficient (Wildman–Crippen LogP) is 4.38. The van der Waals surface area contributed by atoms with Crippen LogP contribution in [-0.2, 0) is 18.0 Å². The molecule has 0 atom stereocenters. The van der Waals surface area contributed by atoms with Crippen LogP contribution in [0.5, 0.6) is 0 Å². The molecule has 0 aliphatic heterocycles. The van der Waals surface area contributed by atoms with Crippen LogP contribution >= 0.6 is 0 Å². The van der Waals surface area contributed by atoms with Crippen LogP contribution in [0.1, 0.15) is 21.5 Å². The van der Waals surface area contributed by atoms with Gasteiger partial charge in [0.15, 0.2) is 0 Å². The van der Waals surface area contributed by atoms with Crippen LogP contribution in [0.15, 0.2) is 85.1 Å². The van der Waals surface area contributed by atoms with Crippen LogP contribution in [-0.4, -0.2) is 31.3 Å². The Hall–Kier alpha value is -4.43. The molecule has 0 saturated heterocycles. The van der Waals surface area contributed by atoms with E-state index in [1.807, 2.05) is 66.7 Å². The number of amides is 1. The number of aromatic amines is 1. The Bertz CT molecular complexity index is 1380. The van der Waals surface area contributed by atoms with Crippen LogP contribution in [0.2, 0.25) is 0 Å². The highest BCUT2D eigenvalue weighted by molar-refractivity contribution is 6.04. The van der Waals surface area contributed by atoms with Gasteiger partial charge < -0.3 is 10.1 Å². The summed E-state index contributed by atoms with van der Waals surface area (Å²) >= 11 is 0. The number of carbonyl (C=O) groups is 1. The van der Waals surface area contributed by atoms with Crippen molar-refractivity contribution in [1.29, 1.82) is 0 Å². The summed E-state index contributed by atoms with van der Waals surface area (Å²) in [5, 5.41) is 13.3. The third kappa shape index (κ3) is 4.91. The van der Waals surface area contributed by atoms with Crippen molar-refractivity contribution in [3.63, 3.8) is 0 Å². The van der Waals surface area contributed by atoms with E-state index in [1.54, 1.807) is 18.3 Å². The van der Waals surface area contributed by atoms with E-state index in [1.165, 1.54) is 0 Å². The number of nitrogens with one attached hydrogen (secondary N) is 2. The van der Waals surface area contributed by atoms with E-state index in [4.69, 9.17) is 4.74 Å². The molecular weight excluding hydrogens is 416 g/mol. The lowest BCUT2D eigenvalue weighted by molar-refractivity contribution is 0.102. The summed E-state index contributed by atoms with van der Waals surface area (Å²) in [6, 6.07) is 24.9. The standard InChI is InChI=1S/C25H20N6O2/c32-25(20-8-4-7-19(13-20)22-14-26-23-24(28-22)30-31-29-23)27-21-11-9-18(10-12-21)16-33-15-17-5-2-1-3-6-17/h1-14H,15-16H2,(H,27,32)(H,26,28,29,30,31). The first-order valence-electron chi connectivity index (χ1n) is 10.4. The van der Waals surface area contributed by atoms with Crippen molar-refractivity contribution in [3.05, 3.63) is 102 Å². The molecule has 0 aliphatic rings. The first kappa shape index (κ1) is 20.5. The fourth-order valence-electron chi connectivity index (χ4n) is 3.35. The van der Waals surface area contributed by atoms with Gasteiger partial charge in [0.1, 0.15) is 0 Å². The summed E-state index contributed by atoms with van der Waals surface area (Å²) in [5.74, 6) is -0.208. The molecule has 5 aromatic rings. The Morgan fingerprint density at radius 3 is 2.42 bits per heavy atom. The maximum Gasteiger partial charge on any atom is 0.255 e. The summed E-state index contributed by atoms with van der Waals surface area (Å²) in [4.78, 5) is 21.4. The minimum Gasteiger partial charge on any atom is -0.372 e. The van der Waals surface area contributed by atoms with E-state index >= 15 is 0 Å². The molecule has 0 radical (unpaired) electrons. The molecule has 0 saturated carbocycles. The number of benzene rings is 3. The first-order chi connectivity index (χ1) is 16.2. The predicted molar refractivity (Wildman–Crippen MR) is 124 cm³/mol. The van der Waals surface area contributed by atoms with Crippen molar-refractivity contribution in [3.8, 4) is 11.3 Å². The van der Waals surface area contributed by atoms with Crippen LogP contribution in [0.25, 0.3) is 22.6 Å². The van der Waals surface area contributed by atoms with Crippen molar-refractivity contribution < 1.29 is 9.53 Å². The molecular formula is C25H20N6O2. The molecule has 8 heteroatoms. The average molecular weight is 436 g/mol. The number of fused-ring (bicyclic) bond motifs is 1. The Balaban J connectivity index is 1.21. The summed E-state index contributed by atoms with van der Waals surface area (Å²) in [6.07, 6.45) is 1.61. The molecule has 0 spiro atoms. The van der Waals surface area contributed by atoms with E-state index in [-0.39, 0.29) is 5.91 Å². The monoisotopic (exact) mass is 436 g/mol. The van der Waals surface area contributed by atoms with E-state index < -0.39 is 0 Å². The number of H-pyrrole nitrogens is 1. The van der Waals surface area contributed by atoms with Crippen molar-refractivity contribution >= 4 is 22.9 Å². The third-order valence-electron chi connectivity index (χ3n) is 5.06. The summed E-state index contributed by atoms with van der Waals surface area (Å²) in [7, 11) is 0. The van der Waals surface area contributed by atoms with Gasteiger partial charge in [-0.3, -0.25) is 4.79 Å². The second-order valence-electron chi connectivity index (χ2n) is 7.44. The summed E-state index contributed by atoms with van der Waals surface area (Å²) < 4.78 is 5.76. The lowest BCUT2D eigenvalue weighted by Gasteiger charge is -2.09. The van der Waals surface area contributed by atoms with Crippen LogP contribution in [0, 0.1) is 0 Å². The largest absolute Gasteiger partial charge is 0.372 e. The normalized spacial score (nSPS) is 10.9. The maximum absolute atomic E-state index is 12.8. The van der Waals surface area contributed by atoms with Crippen molar-refractivity contribution in [1.82, 2.24) is 25.4 Å². The molecule has 2 aromatic heterocycles. The highest BCUT2D eigenvalue weighted by atomic mass is 16.5. The Kier molecular flexibility index (Phi) is 5.81. The molecule has 0 fully saturated rings. The zero-order valence-electron chi connectivity index (χ0n) is 17.6. The van der Waals surface area contributed by atoms with Gasteiger partial charge in [-0.25, -0.2) is 9.97 Å². The maximum atomic E-state index is 12.8. The molecule has 1 amide bonds. The molecule has 33 heavy (non-hydrogen) atoms. The SMILES string of the molecule is O=C(Nc1ccc(COCc2ccccc2)cc1)c1cccc(-c2cnc3n[nH]nc3n2)c1. The number of nitrogens with zero attached hydrogens (tertiary/aromatic N) is 4. The zero-order valence-corrected chi connectivity index (χ0v) is 17.6. The lowest BCUT2D eigenvalue weighted by atomic mass is 10.1. The van der Waals surface area contributed by atoms with Gasteiger partial charge in [-0.05, 0) is 35.4 Å². The van der Waals surface area contributed by atoms with Crippen molar-refractivity contribution in [2.45, 2.75) is 13.2 Å². The molecule has 5 rings (SSSR count). The van der Waals surface area contributed by atoms with Crippen LogP contribution in [0.3, 0.4) is 0 Å². The van der Waals surface area contributed by atoms with Gasteiger partial charge in [0, 0.05) is 16.8 Å². The number of anilines is 1. The zero-order chi connectivity index (χ0) is 22.5. The molecule has 0 bridgehead atoms. The van der Waals surface area contributed by atoms with Crippen LogP contribution < -0.4 is 5.32 Å². The number of hydrogen-bond donors (Lipinski definition) is 2. The molecule has 3 aromatic carbocycles.